The molecule has 0 unspecified atom stereocenters. The predicted molar refractivity (Wildman–Crippen MR) is 98.1 cm³/mol. The Labute approximate surface area is 159 Å². The molecule has 126 valence electrons. The molecule has 0 amide bonds. The van der Waals surface area contributed by atoms with Gasteiger partial charge in [0.25, 0.3) is 11.1 Å². The summed E-state index contributed by atoms with van der Waals surface area (Å²) in [5, 5.41) is 11.1. The molecule has 3 aromatic heterocycles. The maximum absolute atomic E-state index is 14.2. The third-order valence-electron chi connectivity index (χ3n) is 3.46. The Morgan fingerprint density at radius 3 is 2.88 bits per heavy atom. The van der Waals surface area contributed by atoms with Crippen molar-refractivity contribution in [2.75, 3.05) is 5.32 Å². The van der Waals surface area contributed by atoms with Crippen LogP contribution in [0.1, 0.15) is 0 Å². The van der Waals surface area contributed by atoms with Crippen molar-refractivity contribution in [2.45, 2.75) is 5.22 Å². The van der Waals surface area contributed by atoms with Gasteiger partial charge in [0.15, 0.2) is 5.65 Å². The van der Waals surface area contributed by atoms with Crippen LogP contribution in [-0.4, -0.2) is 19.6 Å². The van der Waals surface area contributed by atoms with E-state index in [2.05, 4.69) is 49.1 Å². The van der Waals surface area contributed by atoms with Crippen LogP contribution in [0.3, 0.4) is 0 Å². The van der Waals surface area contributed by atoms with E-state index >= 15 is 0 Å². The van der Waals surface area contributed by atoms with Crippen LogP contribution in [0.15, 0.2) is 50.9 Å². The molecule has 25 heavy (non-hydrogen) atoms. The topological polar surface area (TPSA) is 68.2 Å². The molecule has 0 aliphatic carbocycles. The van der Waals surface area contributed by atoms with Crippen molar-refractivity contribution in [1.29, 1.82) is 0 Å². The van der Waals surface area contributed by atoms with Gasteiger partial charge < -0.3 is 14.1 Å². The largest absolute Gasteiger partial charge is 0.411 e. The monoisotopic (exact) mass is 439 g/mol. The van der Waals surface area contributed by atoms with Crippen LogP contribution >= 0.6 is 40.2 Å². The van der Waals surface area contributed by atoms with E-state index in [1.54, 1.807) is 35.1 Å². The summed E-state index contributed by atoms with van der Waals surface area (Å²) in [5.74, 6) is -0.248. The van der Waals surface area contributed by atoms with Gasteiger partial charge in [-0.25, -0.2) is 9.37 Å². The summed E-state index contributed by atoms with van der Waals surface area (Å²) in [6.07, 6.45) is 5.05. The molecule has 0 bridgehead atoms. The van der Waals surface area contributed by atoms with Crippen molar-refractivity contribution < 1.29 is 8.81 Å². The molecule has 4 aromatic rings. The maximum atomic E-state index is 14.2. The Kier molecular flexibility index (Phi) is 4.14. The smallest absolute Gasteiger partial charge is 0.273 e. The number of fused-ring (bicyclic) bond motifs is 1. The number of halogens is 3. The number of aromatic nitrogens is 4. The van der Waals surface area contributed by atoms with Crippen LogP contribution in [0.4, 0.5) is 15.8 Å². The molecule has 0 fully saturated rings. The first-order valence-electron chi connectivity index (χ1n) is 6.93. The standard InChI is InChI=1S/C15H8BrClFN5OS/c16-7-1-2-10(9(18)5-7)20-12-8(14-21-22-15(25)24-14)6-23-4-3-19-13(23)11(12)17/h1-6,20H,(H,22,25). The molecule has 4 rings (SSSR count). The van der Waals surface area contributed by atoms with E-state index in [-0.39, 0.29) is 16.8 Å². The number of rotatable bonds is 3. The van der Waals surface area contributed by atoms with E-state index in [1.807, 2.05) is 0 Å². The first-order chi connectivity index (χ1) is 12.0. The van der Waals surface area contributed by atoms with Crippen molar-refractivity contribution in [3.05, 3.63) is 52.1 Å². The van der Waals surface area contributed by atoms with Gasteiger partial charge in [0.05, 0.1) is 16.9 Å². The number of anilines is 2. The maximum Gasteiger partial charge on any atom is 0.273 e. The van der Waals surface area contributed by atoms with E-state index in [0.29, 0.717) is 26.4 Å². The fourth-order valence-corrected chi connectivity index (χ4v) is 3.11. The minimum Gasteiger partial charge on any atom is -0.411 e. The SMILES string of the molecule is Fc1cc(Br)ccc1Nc1c(-c2nnc(S)o2)cn2ccnc2c1Cl. The molecule has 0 aliphatic rings. The highest BCUT2D eigenvalue weighted by Gasteiger charge is 2.20. The van der Waals surface area contributed by atoms with Gasteiger partial charge in [-0.15, -0.1) is 10.2 Å². The van der Waals surface area contributed by atoms with Gasteiger partial charge in [-0.1, -0.05) is 40.2 Å². The molecule has 0 aliphatic heterocycles. The molecule has 1 aromatic carbocycles. The van der Waals surface area contributed by atoms with Crippen LogP contribution in [0.5, 0.6) is 0 Å². The summed E-state index contributed by atoms with van der Waals surface area (Å²) in [5.41, 5.74) is 1.65. The van der Waals surface area contributed by atoms with Crippen molar-refractivity contribution in [3.8, 4) is 11.5 Å². The van der Waals surface area contributed by atoms with Crippen molar-refractivity contribution in [1.82, 2.24) is 19.6 Å². The molecule has 0 atom stereocenters. The summed E-state index contributed by atoms with van der Waals surface area (Å²) in [4.78, 5) is 4.21. The van der Waals surface area contributed by atoms with Gasteiger partial charge in [-0.05, 0) is 18.2 Å². The third-order valence-corrected chi connectivity index (χ3v) is 4.49. The van der Waals surface area contributed by atoms with Crippen LogP contribution in [-0.2, 0) is 0 Å². The molecular weight excluding hydrogens is 433 g/mol. The third kappa shape index (κ3) is 2.99. The summed E-state index contributed by atoms with van der Waals surface area (Å²) in [7, 11) is 0. The fourth-order valence-electron chi connectivity index (χ4n) is 2.36. The zero-order valence-electron chi connectivity index (χ0n) is 12.2. The summed E-state index contributed by atoms with van der Waals surface area (Å²) >= 11 is 13.7. The van der Waals surface area contributed by atoms with E-state index in [4.69, 9.17) is 16.0 Å². The lowest BCUT2D eigenvalue weighted by Crippen LogP contribution is -2.00. The minimum atomic E-state index is -0.444. The predicted octanol–water partition coefficient (Wildman–Crippen LogP) is 4.97. The van der Waals surface area contributed by atoms with Crippen molar-refractivity contribution in [3.63, 3.8) is 0 Å². The Bertz CT molecular complexity index is 1100. The Morgan fingerprint density at radius 1 is 1.32 bits per heavy atom. The average molecular weight is 441 g/mol. The second-order valence-corrected chi connectivity index (χ2v) is 6.71. The van der Waals surface area contributed by atoms with Gasteiger partial charge in [-0.2, -0.15) is 0 Å². The normalized spacial score (nSPS) is 11.2. The number of nitrogens with one attached hydrogen (secondary N) is 1. The highest BCUT2D eigenvalue weighted by molar-refractivity contribution is 9.10. The second-order valence-electron chi connectivity index (χ2n) is 5.03. The highest BCUT2D eigenvalue weighted by atomic mass is 79.9. The quantitative estimate of drug-likeness (QED) is 0.440. The molecule has 1 N–H and O–H groups in total. The highest BCUT2D eigenvalue weighted by Crippen LogP contribution is 2.38. The Balaban J connectivity index is 1.92. The number of hydrogen-bond donors (Lipinski definition) is 2. The molecule has 0 saturated heterocycles. The molecular formula is C15H8BrClFN5OS. The fraction of sp³-hybridized carbons (Fsp3) is 0. The summed E-state index contributed by atoms with van der Waals surface area (Å²) in [6.45, 7) is 0. The van der Waals surface area contributed by atoms with Crippen LogP contribution in [0.25, 0.3) is 17.1 Å². The zero-order valence-corrected chi connectivity index (χ0v) is 15.5. The Hall–Kier alpha value is -2.10. The molecule has 0 radical (unpaired) electrons. The number of pyridine rings is 1. The lowest BCUT2D eigenvalue weighted by molar-refractivity contribution is 0.468. The second kappa shape index (κ2) is 6.32. The minimum absolute atomic E-state index is 0.109. The van der Waals surface area contributed by atoms with E-state index < -0.39 is 5.82 Å². The van der Waals surface area contributed by atoms with Crippen molar-refractivity contribution >= 4 is 57.2 Å². The van der Waals surface area contributed by atoms with Gasteiger partial charge >= 0.3 is 0 Å². The Morgan fingerprint density at radius 2 is 2.16 bits per heavy atom. The molecule has 0 spiro atoms. The van der Waals surface area contributed by atoms with E-state index in [1.165, 1.54) is 6.07 Å². The number of thiol groups is 1. The number of hydrogen-bond acceptors (Lipinski definition) is 6. The summed E-state index contributed by atoms with van der Waals surface area (Å²) < 4.78 is 22.0. The van der Waals surface area contributed by atoms with Crippen LogP contribution in [0.2, 0.25) is 5.02 Å². The van der Waals surface area contributed by atoms with Gasteiger partial charge in [-0.3, -0.25) is 0 Å². The van der Waals surface area contributed by atoms with Crippen molar-refractivity contribution in [2.24, 2.45) is 0 Å². The first-order valence-corrected chi connectivity index (χ1v) is 8.55. The van der Waals surface area contributed by atoms with Gasteiger partial charge in [0, 0.05) is 23.1 Å². The zero-order chi connectivity index (χ0) is 17.6. The number of benzene rings is 1. The molecule has 10 heteroatoms. The van der Waals surface area contributed by atoms with Gasteiger partial charge in [0.2, 0.25) is 0 Å². The lowest BCUT2D eigenvalue weighted by Gasteiger charge is -2.14. The number of imidazole rings is 1. The average Bonchev–Trinajstić information content (AvgIpc) is 3.20. The van der Waals surface area contributed by atoms with E-state index in [9.17, 15) is 4.39 Å². The van der Waals surface area contributed by atoms with Crippen LogP contribution in [0, 0.1) is 5.82 Å². The van der Waals surface area contributed by atoms with E-state index in [0.717, 1.165) is 0 Å². The summed E-state index contributed by atoms with van der Waals surface area (Å²) in [6, 6.07) is 4.65. The molecule has 3 heterocycles. The lowest BCUT2D eigenvalue weighted by atomic mass is 10.2. The molecule has 0 saturated carbocycles. The van der Waals surface area contributed by atoms with Gasteiger partial charge in [0.1, 0.15) is 10.8 Å². The first kappa shape index (κ1) is 16.4. The number of nitrogens with zero attached hydrogens (tertiary/aromatic N) is 4. The van der Waals surface area contributed by atoms with Crippen LogP contribution < -0.4 is 5.32 Å². The molecule has 6 nitrogen and oxygen atoms in total.